The molecular formula is C9H10ClN5. The Bertz CT molecular complexity index is 505. The molecule has 0 saturated carbocycles. The zero-order valence-electron chi connectivity index (χ0n) is 8.40. The third-order valence-corrected chi connectivity index (χ3v) is 2.14. The fourth-order valence-corrected chi connectivity index (χ4v) is 1.51. The number of hydrogen-bond acceptors (Lipinski definition) is 4. The molecule has 0 aliphatic heterocycles. The van der Waals surface area contributed by atoms with Crippen LogP contribution in [0, 0.1) is 13.8 Å². The van der Waals surface area contributed by atoms with Crippen molar-refractivity contribution in [1.29, 1.82) is 0 Å². The summed E-state index contributed by atoms with van der Waals surface area (Å²) in [6.07, 6.45) is 1.53. The van der Waals surface area contributed by atoms with Gasteiger partial charge in [-0.15, -0.1) is 5.10 Å². The van der Waals surface area contributed by atoms with Crippen LogP contribution in [0.2, 0.25) is 5.02 Å². The van der Waals surface area contributed by atoms with Crippen LogP contribution in [0.5, 0.6) is 0 Å². The molecule has 2 heterocycles. The second-order valence-electron chi connectivity index (χ2n) is 3.18. The van der Waals surface area contributed by atoms with E-state index in [-0.39, 0.29) is 0 Å². The molecule has 0 unspecified atom stereocenters. The van der Waals surface area contributed by atoms with Crippen LogP contribution in [0.4, 0.5) is 5.69 Å². The topological polar surface area (TPSA) is 69.6 Å². The molecule has 0 atom stereocenters. The summed E-state index contributed by atoms with van der Waals surface area (Å²) < 4.78 is 1.60. The quantitative estimate of drug-likeness (QED) is 0.796. The fourth-order valence-electron chi connectivity index (χ4n) is 1.35. The first-order valence-electron chi connectivity index (χ1n) is 4.39. The average molecular weight is 224 g/mol. The van der Waals surface area contributed by atoms with Gasteiger partial charge in [0.1, 0.15) is 11.6 Å². The Hall–Kier alpha value is -1.62. The number of anilines is 1. The maximum atomic E-state index is 5.80. The number of aromatic nitrogens is 4. The molecule has 5 nitrogen and oxygen atoms in total. The molecule has 2 aromatic rings. The molecule has 0 radical (unpaired) electrons. The van der Waals surface area contributed by atoms with E-state index >= 15 is 0 Å². The van der Waals surface area contributed by atoms with Crippen LogP contribution in [0.3, 0.4) is 0 Å². The van der Waals surface area contributed by atoms with Gasteiger partial charge in [-0.05, 0) is 19.9 Å². The van der Waals surface area contributed by atoms with Crippen LogP contribution < -0.4 is 5.73 Å². The largest absolute Gasteiger partial charge is 0.396 e. The number of nitrogen functional groups attached to an aromatic ring is 1. The van der Waals surface area contributed by atoms with Crippen molar-refractivity contribution in [2.45, 2.75) is 13.8 Å². The first kappa shape index (κ1) is 9.92. The van der Waals surface area contributed by atoms with Crippen LogP contribution in [0.15, 0.2) is 12.3 Å². The van der Waals surface area contributed by atoms with E-state index < -0.39 is 0 Å². The van der Waals surface area contributed by atoms with Gasteiger partial charge in [-0.25, -0.2) is 9.97 Å². The van der Waals surface area contributed by atoms with Crippen LogP contribution in [0.1, 0.15) is 11.6 Å². The molecule has 2 aromatic heterocycles. The summed E-state index contributed by atoms with van der Waals surface area (Å²) in [4.78, 5) is 8.30. The van der Waals surface area contributed by atoms with E-state index in [1.54, 1.807) is 10.7 Å². The lowest BCUT2D eigenvalue weighted by atomic mass is 10.4. The Morgan fingerprint density at radius 1 is 1.40 bits per heavy atom. The second-order valence-corrected chi connectivity index (χ2v) is 3.62. The highest BCUT2D eigenvalue weighted by Gasteiger charge is 2.09. The Morgan fingerprint density at radius 3 is 2.67 bits per heavy atom. The summed E-state index contributed by atoms with van der Waals surface area (Å²) in [6.45, 7) is 3.66. The van der Waals surface area contributed by atoms with Gasteiger partial charge in [0.15, 0.2) is 5.82 Å². The number of aryl methyl sites for hydroxylation is 2. The third-order valence-electron chi connectivity index (χ3n) is 1.94. The molecule has 6 heteroatoms. The van der Waals surface area contributed by atoms with Gasteiger partial charge >= 0.3 is 0 Å². The fraction of sp³-hybridized carbons (Fsp3) is 0.222. The minimum absolute atomic E-state index is 0.482. The number of hydrogen-bond donors (Lipinski definition) is 1. The summed E-state index contributed by atoms with van der Waals surface area (Å²) in [5, 5.41) is 4.70. The average Bonchev–Trinajstić information content (AvgIpc) is 2.45. The van der Waals surface area contributed by atoms with E-state index in [0.717, 1.165) is 5.82 Å². The number of nitrogens with two attached hydrogens (primary N) is 1. The minimum atomic E-state index is 0.482. The molecule has 78 valence electrons. The number of pyridine rings is 1. The summed E-state index contributed by atoms with van der Waals surface area (Å²) in [5.41, 5.74) is 6.28. The molecular weight excluding hydrogens is 214 g/mol. The molecule has 15 heavy (non-hydrogen) atoms. The molecule has 0 spiro atoms. The number of nitrogens with zero attached hydrogens (tertiary/aromatic N) is 4. The zero-order chi connectivity index (χ0) is 11.0. The van der Waals surface area contributed by atoms with Crippen molar-refractivity contribution in [3.8, 4) is 5.82 Å². The van der Waals surface area contributed by atoms with Gasteiger partial charge < -0.3 is 5.73 Å². The zero-order valence-corrected chi connectivity index (χ0v) is 9.15. The first-order chi connectivity index (χ1) is 7.08. The molecule has 2 N–H and O–H groups in total. The van der Waals surface area contributed by atoms with Crippen molar-refractivity contribution in [2.24, 2.45) is 0 Å². The number of rotatable bonds is 1. The predicted octanol–water partition coefficient (Wildman–Crippen LogP) is 1.51. The van der Waals surface area contributed by atoms with Crippen molar-refractivity contribution in [2.75, 3.05) is 5.73 Å². The molecule has 0 aliphatic rings. The molecule has 2 rings (SSSR count). The standard InChI is InChI=1S/C9H10ClN5/c1-5-13-6(2)15(14-5)9-8(11)3-7(10)4-12-9/h3-4H,11H2,1-2H3. The summed E-state index contributed by atoms with van der Waals surface area (Å²) in [7, 11) is 0. The molecule has 0 amide bonds. The van der Waals surface area contributed by atoms with Gasteiger partial charge in [0.25, 0.3) is 0 Å². The first-order valence-corrected chi connectivity index (χ1v) is 4.77. The van der Waals surface area contributed by atoms with Crippen molar-refractivity contribution in [1.82, 2.24) is 19.7 Å². The highest BCUT2D eigenvalue weighted by Crippen LogP contribution is 2.18. The Labute approximate surface area is 91.9 Å². The second kappa shape index (κ2) is 3.51. The van der Waals surface area contributed by atoms with Gasteiger partial charge in [-0.1, -0.05) is 11.6 Å². The summed E-state index contributed by atoms with van der Waals surface area (Å²) in [5.74, 6) is 1.98. The molecule has 0 aromatic carbocycles. The van der Waals surface area contributed by atoms with Crippen molar-refractivity contribution < 1.29 is 0 Å². The smallest absolute Gasteiger partial charge is 0.178 e. The van der Waals surface area contributed by atoms with E-state index in [1.807, 2.05) is 13.8 Å². The van der Waals surface area contributed by atoms with Gasteiger partial charge in [0.05, 0.1) is 10.7 Å². The Morgan fingerprint density at radius 2 is 2.13 bits per heavy atom. The van der Waals surface area contributed by atoms with Crippen LogP contribution in [-0.2, 0) is 0 Å². The Balaban J connectivity index is 2.59. The van der Waals surface area contributed by atoms with E-state index in [9.17, 15) is 0 Å². The molecule has 0 saturated heterocycles. The van der Waals surface area contributed by atoms with E-state index in [1.165, 1.54) is 6.20 Å². The van der Waals surface area contributed by atoms with Crippen molar-refractivity contribution in [3.05, 3.63) is 28.9 Å². The maximum Gasteiger partial charge on any atom is 0.178 e. The van der Waals surface area contributed by atoms with Crippen molar-refractivity contribution in [3.63, 3.8) is 0 Å². The lowest BCUT2D eigenvalue weighted by Crippen LogP contribution is -2.06. The monoisotopic (exact) mass is 223 g/mol. The SMILES string of the molecule is Cc1nc(C)n(-c2ncc(Cl)cc2N)n1. The van der Waals surface area contributed by atoms with Gasteiger partial charge in [-0.3, -0.25) is 0 Å². The highest BCUT2D eigenvalue weighted by molar-refractivity contribution is 6.30. The van der Waals surface area contributed by atoms with Gasteiger partial charge in [-0.2, -0.15) is 4.68 Å². The lowest BCUT2D eigenvalue weighted by molar-refractivity contribution is 0.806. The number of halogens is 1. The maximum absolute atomic E-state index is 5.80. The minimum Gasteiger partial charge on any atom is -0.396 e. The normalized spacial score (nSPS) is 10.6. The van der Waals surface area contributed by atoms with E-state index in [0.29, 0.717) is 22.4 Å². The molecule has 0 fully saturated rings. The molecule has 0 bridgehead atoms. The Kier molecular flexibility index (Phi) is 2.32. The van der Waals surface area contributed by atoms with Crippen LogP contribution in [-0.4, -0.2) is 19.7 Å². The third kappa shape index (κ3) is 1.78. The lowest BCUT2D eigenvalue weighted by Gasteiger charge is -2.05. The molecule has 0 aliphatic carbocycles. The van der Waals surface area contributed by atoms with Gasteiger partial charge in [0, 0.05) is 6.20 Å². The van der Waals surface area contributed by atoms with Gasteiger partial charge in [0.2, 0.25) is 0 Å². The van der Waals surface area contributed by atoms with Crippen LogP contribution >= 0.6 is 11.6 Å². The summed E-state index contributed by atoms with van der Waals surface area (Å²) >= 11 is 5.76. The predicted molar refractivity (Wildman–Crippen MR) is 58.1 cm³/mol. The van der Waals surface area contributed by atoms with E-state index in [2.05, 4.69) is 15.1 Å². The van der Waals surface area contributed by atoms with Crippen molar-refractivity contribution >= 4 is 17.3 Å². The van der Waals surface area contributed by atoms with Crippen LogP contribution in [0.25, 0.3) is 5.82 Å². The van der Waals surface area contributed by atoms with E-state index in [4.69, 9.17) is 17.3 Å². The highest BCUT2D eigenvalue weighted by atomic mass is 35.5. The summed E-state index contributed by atoms with van der Waals surface area (Å²) in [6, 6.07) is 1.64.